The van der Waals surface area contributed by atoms with Crippen LogP contribution in [0.25, 0.3) is 0 Å². The zero-order chi connectivity index (χ0) is 15.6. The van der Waals surface area contributed by atoms with Gasteiger partial charge in [0.2, 0.25) is 0 Å². The number of benzene rings is 1. The minimum Gasteiger partial charge on any atom is -0.331 e. The Morgan fingerprint density at radius 1 is 1.26 bits per heavy atom. The summed E-state index contributed by atoms with van der Waals surface area (Å²) in [6.07, 6.45) is 4.75. The first-order valence-corrected chi connectivity index (χ1v) is 8.60. The highest BCUT2D eigenvalue weighted by Crippen LogP contribution is 2.36. The summed E-state index contributed by atoms with van der Waals surface area (Å²) in [6, 6.07) is 14.2. The van der Waals surface area contributed by atoms with Gasteiger partial charge in [0, 0.05) is 29.4 Å². The second-order valence-corrected chi connectivity index (χ2v) is 6.70. The maximum Gasteiger partial charge on any atom is 0.254 e. The second kappa shape index (κ2) is 6.01. The van der Waals surface area contributed by atoms with Gasteiger partial charge in [0.25, 0.3) is 5.91 Å². The van der Waals surface area contributed by atoms with E-state index in [2.05, 4.69) is 16.5 Å². The summed E-state index contributed by atoms with van der Waals surface area (Å²) >= 11 is 1.72. The number of likely N-dealkylation sites (tertiary alicyclic amines) is 1. The Morgan fingerprint density at radius 3 is 2.91 bits per heavy atom. The standard InChI is InChI=1S/C18H17N3OS/c22-18(21-10-7-16(21)17-6-2-11-23-17)15-5-1-4-14(12-15)13-20-9-3-8-19-20/h1-6,8-9,11-12,16H,7,10,13H2/t16-/m1/s1. The molecule has 116 valence electrons. The normalized spacial score (nSPS) is 17.0. The van der Waals surface area contributed by atoms with Crippen LogP contribution in [0.2, 0.25) is 0 Å². The molecule has 1 saturated heterocycles. The molecule has 1 aliphatic rings. The average molecular weight is 323 g/mol. The number of aromatic nitrogens is 2. The Balaban J connectivity index is 1.52. The van der Waals surface area contributed by atoms with Gasteiger partial charge in [0.15, 0.2) is 0 Å². The Kier molecular flexibility index (Phi) is 3.71. The van der Waals surface area contributed by atoms with Crippen molar-refractivity contribution in [3.05, 3.63) is 76.2 Å². The van der Waals surface area contributed by atoms with Crippen molar-refractivity contribution in [3.63, 3.8) is 0 Å². The molecule has 0 radical (unpaired) electrons. The van der Waals surface area contributed by atoms with Crippen LogP contribution in [0.4, 0.5) is 0 Å². The molecule has 23 heavy (non-hydrogen) atoms. The highest BCUT2D eigenvalue weighted by Gasteiger charge is 2.34. The Labute approximate surface area is 139 Å². The summed E-state index contributed by atoms with van der Waals surface area (Å²) in [4.78, 5) is 16.0. The van der Waals surface area contributed by atoms with E-state index in [4.69, 9.17) is 0 Å². The number of rotatable bonds is 4. The van der Waals surface area contributed by atoms with E-state index in [1.54, 1.807) is 17.5 Å². The van der Waals surface area contributed by atoms with E-state index in [1.807, 2.05) is 52.2 Å². The van der Waals surface area contributed by atoms with Crippen molar-refractivity contribution in [2.24, 2.45) is 0 Å². The van der Waals surface area contributed by atoms with Gasteiger partial charge in [-0.05, 0) is 41.6 Å². The molecule has 3 aromatic rings. The predicted octanol–water partition coefficient (Wildman–Crippen LogP) is 3.58. The van der Waals surface area contributed by atoms with Crippen molar-refractivity contribution in [2.75, 3.05) is 6.54 Å². The molecule has 0 bridgehead atoms. The minimum absolute atomic E-state index is 0.122. The lowest BCUT2D eigenvalue weighted by molar-refractivity contribution is 0.0468. The molecule has 1 amide bonds. The fraction of sp³-hybridized carbons (Fsp3) is 0.222. The van der Waals surface area contributed by atoms with Crippen molar-refractivity contribution >= 4 is 17.2 Å². The van der Waals surface area contributed by atoms with E-state index in [1.165, 1.54) is 4.88 Å². The molecule has 1 atom stereocenters. The summed E-state index contributed by atoms with van der Waals surface area (Å²) in [5.41, 5.74) is 1.85. The summed E-state index contributed by atoms with van der Waals surface area (Å²) in [5.74, 6) is 0.122. The summed E-state index contributed by atoms with van der Waals surface area (Å²) in [6.45, 7) is 1.52. The number of carbonyl (C=O) groups excluding carboxylic acids is 1. The molecule has 0 spiro atoms. The number of amides is 1. The molecule has 5 heteroatoms. The van der Waals surface area contributed by atoms with Crippen LogP contribution in [0.3, 0.4) is 0 Å². The quantitative estimate of drug-likeness (QED) is 0.736. The predicted molar refractivity (Wildman–Crippen MR) is 90.5 cm³/mol. The van der Waals surface area contributed by atoms with Gasteiger partial charge in [-0.3, -0.25) is 9.48 Å². The van der Waals surface area contributed by atoms with E-state index in [0.29, 0.717) is 6.54 Å². The third-order valence-corrected chi connectivity index (χ3v) is 5.20. The molecule has 0 N–H and O–H groups in total. The Hall–Kier alpha value is -2.40. The van der Waals surface area contributed by atoms with Crippen molar-refractivity contribution in [2.45, 2.75) is 19.0 Å². The lowest BCUT2D eigenvalue weighted by atomic mass is 9.99. The number of carbonyl (C=O) groups is 1. The van der Waals surface area contributed by atoms with Crippen LogP contribution in [0.5, 0.6) is 0 Å². The smallest absolute Gasteiger partial charge is 0.254 e. The third kappa shape index (κ3) is 2.80. The topological polar surface area (TPSA) is 38.1 Å². The number of thiophene rings is 1. The largest absolute Gasteiger partial charge is 0.331 e. The fourth-order valence-electron chi connectivity index (χ4n) is 2.96. The summed E-state index contributed by atoms with van der Waals surface area (Å²) in [5, 5.41) is 6.29. The van der Waals surface area contributed by atoms with E-state index >= 15 is 0 Å². The van der Waals surface area contributed by atoms with Crippen LogP contribution in [0.15, 0.2) is 60.2 Å². The fourth-order valence-corrected chi connectivity index (χ4v) is 3.83. The van der Waals surface area contributed by atoms with Crippen LogP contribution in [-0.4, -0.2) is 27.1 Å². The molecule has 4 rings (SSSR count). The maximum absolute atomic E-state index is 12.8. The zero-order valence-corrected chi connectivity index (χ0v) is 13.4. The molecule has 4 nitrogen and oxygen atoms in total. The first-order chi connectivity index (χ1) is 11.3. The maximum atomic E-state index is 12.8. The first kappa shape index (κ1) is 14.2. The number of nitrogens with zero attached hydrogens (tertiary/aromatic N) is 3. The van der Waals surface area contributed by atoms with Crippen LogP contribution in [0.1, 0.15) is 33.3 Å². The first-order valence-electron chi connectivity index (χ1n) is 7.72. The second-order valence-electron chi connectivity index (χ2n) is 5.72. The molecule has 2 aromatic heterocycles. The van der Waals surface area contributed by atoms with Gasteiger partial charge in [-0.2, -0.15) is 5.10 Å². The van der Waals surface area contributed by atoms with Gasteiger partial charge >= 0.3 is 0 Å². The lowest BCUT2D eigenvalue weighted by Crippen LogP contribution is -2.44. The highest BCUT2D eigenvalue weighted by molar-refractivity contribution is 7.10. The van der Waals surface area contributed by atoms with E-state index in [0.717, 1.165) is 24.1 Å². The molecule has 0 unspecified atom stereocenters. The molecule has 0 saturated carbocycles. The Bertz CT molecular complexity index is 796. The van der Waals surface area contributed by atoms with Gasteiger partial charge in [-0.15, -0.1) is 11.3 Å². The molecular formula is C18H17N3OS. The van der Waals surface area contributed by atoms with Crippen LogP contribution in [-0.2, 0) is 6.54 Å². The monoisotopic (exact) mass is 323 g/mol. The summed E-state index contributed by atoms with van der Waals surface area (Å²) < 4.78 is 1.86. The van der Waals surface area contributed by atoms with Gasteiger partial charge in [-0.25, -0.2) is 0 Å². The third-order valence-electron chi connectivity index (χ3n) is 4.23. The molecule has 1 aliphatic heterocycles. The van der Waals surface area contributed by atoms with Gasteiger partial charge < -0.3 is 4.90 Å². The van der Waals surface area contributed by atoms with Gasteiger partial charge in [0.05, 0.1) is 12.6 Å². The zero-order valence-electron chi connectivity index (χ0n) is 12.6. The van der Waals surface area contributed by atoms with E-state index in [9.17, 15) is 4.79 Å². The lowest BCUT2D eigenvalue weighted by Gasteiger charge is -2.40. The Morgan fingerprint density at radius 2 is 2.22 bits per heavy atom. The number of hydrogen-bond donors (Lipinski definition) is 0. The minimum atomic E-state index is 0.122. The van der Waals surface area contributed by atoms with E-state index < -0.39 is 0 Å². The van der Waals surface area contributed by atoms with Crippen LogP contribution < -0.4 is 0 Å². The number of hydrogen-bond acceptors (Lipinski definition) is 3. The SMILES string of the molecule is O=C(c1cccc(Cn2cccn2)c1)N1CC[C@@H]1c1cccs1. The van der Waals surface area contributed by atoms with Crippen molar-refractivity contribution in [1.29, 1.82) is 0 Å². The highest BCUT2D eigenvalue weighted by atomic mass is 32.1. The van der Waals surface area contributed by atoms with Gasteiger partial charge in [-0.1, -0.05) is 18.2 Å². The van der Waals surface area contributed by atoms with Crippen molar-refractivity contribution in [3.8, 4) is 0 Å². The summed E-state index contributed by atoms with van der Waals surface area (Å²) in [7, 11) is 0. The van der Waals surface area contributed by atoms with Crippen LogP contribution in [0, 0.1) is 0 Å². The van der Waals surface area contributed by atoms with Crippen molar-refractivity contribution < 1.29 is 4.79 Å². The van der Waals surface area contributed by atoms with Crippen molar-refractivity contribution in [1.82, 2.24) is 14.7 Å². The molecule has 3 heterocycles. The van der Waals surface area contributed by atoms with Crippen LogP contribution >= 0.6 is 11.3 Å². The molecular weight excluding hydrogens is 306 g/mol. The van der Waals surface area contributed by atoms with E-state index in [-0.39, 0.29) is 11.9 Å². The molecule has 1 aromatic carbocycles. The average Bonchev–Trinajstić information content (AvgIpc) is 3.20. The molecule has 1 fully saturated rings. The molecule has 0 aliphatic carbocycles. The van der Waals surface area contributed by atoms with Gasteiger partial charge in [0.1, 0.15) is 0 Å².